The van der Waals surface area contributed by atoms with Crippen LogP contribution in [0, 0.1) is 6.92 Å². The average molecular weight is 512 g/mol. The van der Waals surface area contributed by atoms with Crippen molar-refractivity contribution >= 4 is 22.6 Å². The molecule has 4 aromatic rings. The molecule has 0 radical (unpaired) electrons. The van der Waals surface area contributed by atoms with Crippen molar-refractivity contribution in [1.29, 1.82) is 0 Å². The summed E-state index contributed by atoms with van der Waals surface area (Å²) in [7, 11) is 0. The van der Waals surface area contributed by atoms with Crippen molar-refractivity contribution in [3.05, 3.63) is 83.7 Å². The number of nitrogens with zero attached hydrogens (tertiary/aromatic N) is 3. The molecule has 0 aliphatic heterocycles. The quantitative estimate of drug-likeness (QED) is 0.243. The number of nitrogens with two attached hydrogens (primary N) is 1. The van der Waals surface area contributed by atoms with E-state index in [1.165, 1.54) is 0 Å². The third-order valence-electron chi connectivity index (χ3n) is 6.81. The minimum absolute atomic E-state index is 0.151. The number of carbonyl (C=O) groups excluding carboxylic acids is 2. The number of carbonyl (C=O) groups is 2. The second-order valence-corrected chi connectivity index (χ2v) is 9.93. The van der Waals surface area contributed by atoms with Crippen molar-refractivity contribution in [2.45, 2.75) is 71.4 Å². The maximum Gasteiger partial charge on any atom is 0.240 e. The Hall–Kier alpha value is -4.00. The Morgan fingerprint density at radius 3 is 2.47 bits per heavy atom. The van der Waals surface area contributed by atoms with Crippen molar-refractivity contribution in [2.24, 2.45) is 5.73 Å². The largest absolute Gasteiger partial charge is 0.368 e. The van der Waals surface area contributed by atoms with E-state index in [1.807, 2.05) is 49.5 Å². The SMILES string of the molecule is CCCCn1nc(-c2cc3ccccc3cn2)cc1CCCCC(=O)NC(Cc1ccc(C)cc1)C(N)=O. The molecule has 0 aliphatic rings. The molecule has 0 spiro atoms. The fourth-order valence-corrected chi connectivity index (χ4v) is 4.55. The number of nitrogens with one attached hydrogen (secondary N) is 1. The number of amides is 2. The Morgan fingerprint density at radius 1 is 0.974 bits per heavy atom. The third-order valence-corrected chi connectivity index (χ3v) is 6.81. The van der Waals surface area contributed by atoms with Crippen LogP contribution >= 0.6 is 0 Å². The van der Waals surface area contributed by atoms with Gasteiger partial charge in [0.1, 0.15) is 11.7 Å². The molecule has 38 heavy (non-hydrogen) atoms. The molecule has 3 N–H and O–H groups in total. The highest BCUT2D eigenvalue weighted by Crippen LogP contribution is 2.23. The van der Waals surface area contributed by atoms with Gasteiger partial charge in [0, 0.05) is 36.7 Å². The van der Waals surface area contributed by atoms with Gasteiger partial charge >= 0.3 is 0 Å². The van der Waals surface area contributed by atoms with E-state index in [9.17, 15) is 9.59 Å². The number of aromatic nitrogens is 3. The first-order chi connectivity index (χ1) is 18.4. The second kappa shape index (κ2) is 13.0. The number of fused-ring (bicyclic) bond motifs is 1. The van der Waals surface area contributed by atoms with Crippen LogP contribution < -0.4 is 11.1 Å². The lowest BCUT2D eigenvalue weighted by Gasteiger charge is -2.16. The Balaban J connectivity index is 1.34. The number of rotatable bonds is 13. The molecule has 7 heteroatoms. The third kappa shape index (κ3) is 7.28. The highest BCUT2D eigenvalue weighted by atomic mass is 16.2. The van der Waals surface area contributed by atoms with E-state index in [1.54, 1.807) is 0 Å². The van der Waals surface area contributed by atoms with Crippen LogP contribution in [0.3, 0.4) is 0 Å². The number of hydrogen-bond donors (Lipinski definition) is 2. The van der Waals surface area contributed by atoms with Crippen molar-refractivity contribution in [2.75, 3.05) is 0 Å². The average Bonchev–Trinajstić information content (AvgIpc) is 3.33. The summed E-state index contributed by atoms with van der Waals surface area (Å²) < 4.78 is 2.08. The van der Waals surface area contributed by atoms with E-state index in [2.05, 4.69) is 46.2 Å². The summed E-state index contributed by atoms with van der Waals surface area (Å²) in [5.41, 5.74) is 10.6. The first-order valence-electron chi connectivity index (χ1n) is 13.5. The summed E-state index contributed by atoms with van der Waals surface area (Å²) in [5, 5.41) is 9.94. The van der Waals surface area contributed by atoms with Crippen LogP contribution in [0.25, 0.3) is 22.2 Å². The van der Waals surface area contributed by atoms with Crippen molar-refractivity contribution in [3.8, 4) is 11.4 Å². The van der Waals surface area contributed by atoms with Crippen LogP contribution in [0.2, 0.25) is 0 Å². The lowest BCUT2D eigenvalue weighted by atomic mass is 10.0. The van der Waals surface area contributed by atoms with E-state index in [0.717, 1.165) is 71.2 Å². The van der Waals surface area contributed by atoms with Crippen molar-refractivity contribution in [3.63, 3.8) is 0 Å². The summed E-state index contributed by atoms with van der Waals surface area (Å²) in [6.07, 6.45) is 7.15. The van der Waals surface area contributed by atoms with Gasteiger partial charge in [-0.2, -0.15) is 5.10 Å². The summed E-state index contributed by atoms with van der Waals surface area (Å²) >= 11 is 0. The molecule has 2 aromatic heterocycles. The topological polar surface area (TPSA) is 103 Å². The Kier molecular flexibility index (Phi) is 9.25. The van der Waals surface area contributed by atoms with Crippen molar-refractivity contribution in [1.82, 2.24) is 20.1 Å². The Morgan fingerprint density at radius 2 is 1.74 bits per heavy atom. The van der Waals surface area contributed by atoms with Gasteiger partial charge in [0.05, 0.1) is 5.69 Å². The molecule has 2 aromatic carbocycles. The molecule has 0 fully saturated rings. The molecule has 0 aliphatic carbocycles. The molecular weight excluding hydrogens is 474 g/mol. The molecule has 0 saturated carbocycles. The van der Waals surface area contributed by atoms with E-state index >= 15 is 0 Å². The molecule has 1 unspecified atom stereocenters. The summed E-state index contributed by atoms with van der Waals surface area (Å²) in [6.45, 7) is 5.04. The standard InChI is InChI=1S/C31H37N5O2/c1-3-4-17-36-26(20-28(35-36)27-19-24-9-5-6-10-25(24)21-33-27)11-7-8-12-30(37)34-29(31(32)38)18-23-15-13-22(2)14-16-23/h5-6,9-10,13-16,19-21,29H,3-4,7-8,11-12,17-18H2,1-2H3,(H2,32,38)(H,34,37). The highest BCUT2D eigenvalue weighted by Gasteiger charge is 2.18. The maximum atomic E-state index is 12.6. The molecule has 1 atom stereocenters. The first-order valence-corrected chi connectivity index (χ1v) is 13.5. The number of benzene rings is 2. The molecular formula is C31H37N5O2. The number of pyridine rings is 1. The van der Waals surface area contributed by atoms with Crippen LogP contribution in [0.4, 0.5) is 0 Å². The van der Waals surface area contributed by atoms with Gasteiger partial charge in [0.15, 0.2) is 0 Å². The zero-order chi connectivity index (χ0) is 26.9. The summed E-state index contributed by atoms with van der Waals surface area (Å²) in [6, 6.07) is 19.6. The van der Waals surface area contributed by atoms with Gasteiger partial charge in [-0.25, -0.2) is 0 Å². The summed E-state index contributed by atoms with van der Waals surface area (Å²) in [4.78, 5) is 29.1. The molecule has 0 bridgehead atoms. The number of primary amides is 1. The molecule has 2 amide bonds. The normalized spacial score (nSPS) is 11.9. The van der Waals surface area contributed by atoms with Gasteiger partial charge in [0.25, 0.3) is 0 Å². The van der Waals surface area contributed by atoms with E-state index in [4.69, 9.17) is 10.8 Å². The molecule has 2 heterocycles. The number of aryl methyl sites for hydroxylation is 3. The van der Waals surface area contributed by atoms with Crippen LogP contribution in [-0.2, 0) is 29.0 Å². The Bertz CT molecular complexity index is 1380. The van der Waals surface area contributed by atoms with Crippen LogP contribution in [-0.4, -0.2) is 32.6 Å². The fraction of sp³-hybridized carbons (Fsp3) is 0.355. The van der Waals surface area contributed by atoms with Crippen molar-refractivity contribution < 1.29 is 9.59 Å². The predicted molar refractivity (Wildman–Crippen MR) is 151 cm³/mol. The van der Waals surface area contributed by atoms with Gasteiger partial charge in [0.2, 0.25) is 11.8 Å². The lowest BCUT2D eigenvalue weighted by molar-refractivity contribution is -0.127. The van der Waals surface area contributed by atoms with Gasteiger partial charge in [-0.1, -0.05) is 67.4 Å². The van der Waals surface area contributed by atoms with Crippen LogP contribution in [0.5, 0.6) is 0 Å². The molecule has 4 rings (SSSR count). The minimum Gasteiger partial charge on any atom is -0.368 e. The zero-order valence-electron chi connectivity index (χ0n) is 22.3. The van der Waals surface area contributed by atoms with Gasteiger partial charge in [-0.15, -0.1) is 0 Å². The Labute approximate surface area is 224 Å². The monoisotopic (exact) mass is 511 g/mol. The van der Waals surface area contributed by atoms with E-state index in [0.29, 0.717) is 19.3 Å². The second-order valence-electron chi connectivity index (χ2n) is 9.93. The van der Waals surface area contributed by atoms with Gasteiger partial charge in [-0.05, 0) is 55.7 Å². The maximum absolute atomic E-state index is 12.6. The lowest BCUT2D eigenvalue weighted by Crippen LogP contribution is -2.45. The fourth-order valence-electron chi connectivity index (χ4n) is 4.55. The molecule has 7 nitrogen and oxygen atoms in total. The number of unbranched alkanes of at least 4 members (excludes halogenated alkanes) is 2. The number of hydrogen-bond acceptors (Lipinski definition) is 4. The van der Waals surface area contributed by atoms with E-state index in [-0.39, 0.29) is 5.91 Å². The molecule has 0 saturated heterocycles. The van der Waals surface area contributed by atoms with Crippen LogP contribution in [0.15, 0.2) is 66.9 Å². The van der Waals surface area contributed by atoms with Gasteiger partial charge in [-0.3, -0.25) is 19.3 Å². The smallest absolute Gasteiger partial charge is 0.240 e. The predicted octanol–water partition coefficient (Wildman–Crippen LogP) is 5.13. The zero-order valence-corrected chi connectivity index (χ0v) is 22.3. The minimum atomic E-state index is -0.710. The molecule has 198 valence electrons. The van der Waals surface area contributed by atoms with E-state index < -0.39 is 11.9 Å². The van der Waals surface area contributed by atoms with Gasteiger partial charge < -0.3 is 11.1 Å². The van der Waals surface area contributed by atoms with Crippen LogP contribution in [0.1, 0.15) is 55.8 Å². The summed E-state index contributed by atoms with van der Waals surface area (Å²) in [5.74, 6) is -0.671. The first kappa shape index (κ1) is 27.0. The highest BCUT2D eigenvalue weighted by molar-refractivity contribution is 5.87.